The molecule has 0 aromatic carbocycles. The lowest BCUT2D eigenvalue weighted by Gasteiger charge is -2.33. The number of amides is 2. The van der Waals surface area contributed by atoms with Gasteiger partial charge in [0.05, 0.1) is 20.6 Å². The number of hydroxylamine groups is 3. The summed E-state index contributed by atoms with van der Waals surface area (Å²) in [6.45, 7) is 3.98. The maximum Gasteiger partial charge on any atom is 0.220 e. The summed E-state index contributed by atoms with van der Waals surface area (Å²) in [5.41, 5.74) is 0. The Bertz CT molecular complexity index is 663. The van der Waals surface area contributed by atoms with E-state index in [1.165, 1.54) is 109 Å². The lowest BCUT2D eigenvalue weighted by molar-refractivity contribution is -0.840. The minimum Gasteiger partial charge on any atom is -0.633 e. The maximum absolute atomic E-state index is 12.0. The summed E-state index contributed by atoms with van der Waals surface area (Å²) in [5.74, 6) is 0.0522. The van der Waals surface area contributed by atoms with Crippen LogP contribution in [-0.4, -0.2) is 56.0 Å². The van der Waals surface area contributed by atoms with Crippen LogP contribution in [0.1, 0.15) is 180 Å². The van der Waals surface area contributed by atoms with Gasteiger partial charge in [-0.2, -0.15) is 0 Å². The Morgan fingerprint density at radius 3 is 1.33 bits per heavy atom. The number of hydrogen-bond donors (Lipinski definition) is 2. The molecule has 0 aliphatic heterocycles. The van der Waals surface area contributed by atoms with Crippen molar-refractivity contribution in [1.82, 2.24) is 10.6 Å². The van der Waals surface area contributed by atoms with Gasteiger partial charge in [-0.3, -0.25) is 14.4 Å². The van der Waals surface area contributed by atoms with Crippen LogP contribution in [0.25, 0.3) is 0 Å². The van der Waals surface area contributed by atoms with E-state index >= 15 is 0 Å². The average molecular weight is 610 g/mol. The van der Waals surface area contributed by atoms with Crippen LogP contribution >= 0.6 is 0 Å². The van der Waals surface area contributed by atoms with Gasteiger partial charge in [-0.25, -0.2) is 0 Å². The van der Waals surface area contributed by atoms with Crippen LogP contribution in [0.4, 0.5) is 0 Å². The van der Waals surface area contributed by atoms with Gasteiger partial charge in [-0.05, 0) is 32.1 Å². The van der Waals surface area contributed by atoms with Crippen molar-refractivity contribution < 1.29 is 19.0 Å². The highest BCUT2D eigenvalue weighted by atomic mass is 16.5. The average Bonchev–Trinajstić information content (AvgIpc) is 2.96. The van der Waals surface area contributed by atoms with Crippen LogP contribution < -0.4 is 10.6 Å². The second-order valence-electron chi connectivity index (χ2n) is 13.3. The van der Waals surface area contributed by atoms with E-state index < -0.39 is 0 Å². The number of quaternary nitrogens is 1. The molecule has 254 valence electrons. The molecule has 0 aromatic heterocycles. The molecule has 43 heavy (non-hydrogen) atoms. The predicted octanol–water partition coefficient (Wildman–Crippen LogP) is 8.91. The van der Waals surface area contributed by atoms with Crippen molar-refractivity contribution in [3.8, 4) is 0 Å². The molecule has 2 amide bonds. The Morgan fingerprint density at radius 1 is 0.465 bits per heavy atom. The first-order valence-corrected chi connectivity index (χ1v) is 18.3. The highest BCUT2D eigenvalue weighted by Crippen LogP contribution is 2.15. The van der Waals surface area contributed by atoms with Crippen LogP contribution in [-0.2, 0) is 14.4 Å². The fourth-order valence-corrected chi connectivity index (χ4v) is 5.45. The van der Waals surface area contributed by atoms with Gasteiger partial charge in [0.25, 0.3) is 0 Å². The van der Waals surface area contributed by atoms with Gasteiger partial charge < -0.3 is 20.5 Å². The van der Waals surface area contributed by atoms with Gasteiger partial charge in [0, 0.05) is 38.8 Å². The molecule has 0 radical (unpaired) electrons. The Kier molecular flexibility index (Phi) is 29.5. The first kappa shape index (κ1) is 41.5. The molecule has 0 saturated carbocycles. The third-order valence-corrected chi connectivity index (χ3v) is 8.29. The molecule has 0 unspecified atom stereocenters. The fourth-order valence-electron chi connectivity index (χ4n) is 5.45. The predicted molar refractivity (Wildman–Crippen MR) is 182 cm³/mol. The first-order valence-electron chi connectivity index (χ1n) is 18.3. The molecule has 0 heterocycles. The zero-order valence-electron chi connectivity index (χ0n) is 28.8. The van der Waals surface area contributed by atoms with E-state index in [-0.39, 0.29) is 35.1 Å². The van der Waals surface area contributed by atoms with E-state index in [2.05, 4.69) is 17.6 Å². The largest absolute Gasteiger partial charge is 0.633 e. The fraction of sp³-hybridized carbons (Fsp3) is 0.917. The molecule has 0 aromatic rings. The van der Waals surface area contributed by atoms with Gasteiger partial charge >= 0.3 is 0 Å². The van der Waals surface area contributed by atoms with Crippen molar-refractivity contribution in [3.63, 3.8) is 0 Å². The van der Waals surface area contributed by atoms with Crippen LogP contribution in [0.3, 0.4) is 0 Å². The maximum atomic E-state index is 12.0. The molecule has 7 heteroatoms. The highest BCUT2D eigenvalue weighted by Gasteiger charge is 2.08. The van der Waals surface area contributed by atoms with Crippen molar-refractivity contribution in [1.29, 1.82) is 0 Å². The van der Waals surface area contributed by atoms with Crippen molar-refractivity contribution in [2.45, 2.75) is 180 Å². The highest BCUT2D eigenvalue weighted by molar-refractivity contribution is 5.84. The second-order valence-corrected chi connectivity index (χ2v) is 13.3. The van der Waals surface area contributed by atoms with Gasteiger partial charge in [0.1, 0.15) is 5.78 Å². The number of carbonyl (C=O) groups excluding carboxylic acids is 3. The first-order chi connectivity index (χ1) is 20.7. The summed E-state index contributed by atoms with van der Waals surface area (Å²) in [4.78, 5) is 36.0. The molecule has 0 spiro atoms. The Balaban J connectivity index is 3.36. The molecule has 0 aliphatic rings. The van der Waals surface area contributed by atoms with Gasteiger partial charge in [-0.15, -0.1) is 0 Å². The molecule has 2 N–H and O–H groups in total. The molecule has 7 nitrogen and oxygen atoms in total. The molecule has 0 aliphatic carbocycles. The Hall–Kier alpha value is -1.47. The summed E-state index contributed by atoms with van der Waals surface area (Å²) in [7, 11) is 3.27. The number of carbonyl (C=O) groups is 3. The van der Waals surface area contributed by atoms with Crippen molar-refractivity contribution >= 4 is 17.6 Å². The second kappa shape index (κ2) is 30.6. The van der Waals surface area contributed by atoms with E-state index in [4.69, 9.17) is 0 Å². The van der Waals surface area contributed by atoms with Gasteiger partial charge in [0.2, 0.25) is 11.8 Å². The quantitative estimate of drug-likeness (QED) is 0.0441. The number of unbranched alkanes of at least 4 members (excludes halogenated alkanes) is 20. The van der Waals surface area contributed by atoms with E-state index in [0.717, 1.165) is 32.1 Å². The SMILES string of the molecule is CCCCCCCCCCCCCCCCCCCCCC(=O)NCCCC(=O)CCC(=O)NCCCCC[N+](C)(C)[O-]. The van der Waals surface area contributed by atoms with Crippen LogP contribution in [0.5, 0.6) is 0 Å². The standard InChI is InChI=1S/C36H71N3O4/c1-4-5-6-7-8-9-10-11-12-13-14-15-16-17-18-19-20-21-23-28-35(41)38-32-26-27-34(40)29-30-36(42)37-31-24-22-25-33-39(2,3)43/h4-33H2,1-3H3,(H,37,42)(H,38,41). The zero-order chi connectivity index (χ0) is 31.9. The summed E-state index contributed by atoms with van der Waals surface area (Å²) in [6.07, 6.45) is 30.3. The number of nitrogens with one attached hydrogen (secondary N) is 2. The van der Waals surface area contributed by atoms with E-state index in [9.17, 15) is 19.6 Å². The Labute approximate surface area is 266 Å². The van der Waals surface area contributed by atoms with Crippen molar-refractivity contribution in [3.05, 3.63) is 5.21 Å². The van der Waals surface area contributed by atoms with E-state index in [0.29, 0.717) is 38.9 Å². The van der Waals surface area contributed by atoms with Crippen LogP contribution in [0, 0.1) is 5.21 Å². The minimum absolute atomic E-state index is 0.0682. The monoisotopic (exact) mass is 610 g/mol. The molecule has 0 atom stereocenters. The van der Waals surface area contributed by atoms with Crippen molar-refractivity contribution in [2.75, 3.05) is 33.7 Å². The third-order valence-electron chi connectivity index (χ3n) is 8.29. The van der Waals surface area contributed by atoms with Gasteiger partial charge in [-0.1, -0.05) is 122 Å². The summed E-state index contributed by atoms with van der Waals surface area (Å²) in [5, 5.41) is 17.3. The van der Waals surface area contributed by atoms with E-state index in [1.54, 1.807) is 14.1 Å². The number of rotatable bonds is 33. The number of hydrogen-bond acceptors (Lipinski definition) is 4. The topological polar surface area (TPSA) is 98.3 Å². The molecule has 0 fully saturated rings. The van der Waals surface area contributed by atoms with Crippen LogP contribution in [0.2, 0.25) is 0 Å². The van der Waals surface area contributed by atoms with Crippen LogP contribution in [0.15, 0.2) is 0 Å². The summed E-state index contributed by atoms with van der Waals surface area (Å²) < 4.78 is -0.280. The van der Waals surface area contributed by atoms with Gasteiger partial charge in [0.15, 0.2) is 0 Å². The molecule has 0 rings (SSSR count). The Morgan fingerprint density at radius 2 is 0.860 bits per heavy atom. The molecule has 0 saturated heterocycles. The summed E-state index contributed by atoms with van der Waals surface area (Å²) in [6, 6.07) is 0. The number of nitrogens with zero attached hydrogens (tertiary/aromatic N) is 1. The lowest BCUT2D eigenvalue weighted by atomic mass is 10.0. The lowest BCUT2D eigenvalue weighted by Crippen LogP contribution is -2.33. The van der Waals surface area contributed by atoms with E-state index in [1.807, 2.05) is 0 Å². The third kappa shape index (κ3) is 34.9. The summed E-state index contributed by atoms with van der Waals surface area (Å²) >= 11 is 0. The number of Topliss-reactive ketones (excluding diaryl/α,β-unsaturated/α-hetero) is 1. The normalized spacial score (nSPS) is 11.5. The number of ketones is 1. The smallest absolute Gasteiger partial charge is 0.220 e. The molecular formula is C36H71N3O4. The molecular weight excluding hydrogens is 538 g/mol. The minimum atomic E-state index is -0.280. The van der Waals surface area contributed by atoms with Crippen molar-refractivity contribution in [2.24, 2.45) is 0 Å². The molecule has 0 bridgehead atoms. The zero-order valence-corrected chi connectivity index (χ0v) is 28.8.